The molecule has 0 saturated carbocycles. The van der Waals surface area contributed by atoms with Crippen molar-refractivity contribution in [3.8, 4) is 11.3 Å². The highest BCUT2D eigenvalue weighted by Gasteiger charge is 2.16. The van der Waals surface area contributed by atoms with Gasteiger partial charge in [-0.25, -0.2) is 4.98 Å². The molecule has 5 heteroatoms. The first-order chi connectivity index (χ1) is 9.70. The Morgan fingerprint density at radius 3 is 2.80 bits per heavy atom. The molecule has 0 fully saturated rings. The van der Waals surface area contributed by atoms with Crippen LogP contribution < -0.4 is 5.32 Å². The van der Waals surface area contributed by atoms with E-state index in [4.69, 9.17) is 5.11 Å². The molecule has 0 radical (unpaired) electrons. The van der Waals surface area contributed by atoms with Gasteiger partial charge in [0.05, 0.1) is 5.69 Å². The molecular formula is C15H18N2O2S. The Hall–Kier alpha value is -1.72. The Kier molecular flexibility index (Phi) is 5.26. The van der Waals surface area contributed by atoms with Crippen molar-refractivity contribution in [3.63, 3.8) is 0 Å². The van der Waals surface area contributed by atoms with Crippen LogP contribution in [0.4, 0.5) is 0 Å². The van der Waals surface area contributed by atoms with E-state index < -0.39 is 12.0 Å². The van der Waals surface area contributed by atoms with Crippen LogP contribution in [-0.4, -0.2) is 22.1 Å². The topological polar surface area (TPSA) is 62.2 Å². The van der Waals surface area contributed by atoms with E-state index in [-0.39, 0.29) is 0 Å². The van der Waals surface area contributed by atoms with Gasteiger partial charge in [-0.3, -0.25) is 10.1 Å². The van der Waals surface area contributed by atoms with Crippen LogP contribution in [0.2, 0.25) is 0 Å². The fraction of sp³-hybridized carbons (Fsp3) is 0.333. The summed E-state index contributed by atoms with van der Waals surface area (Å²) in [6.45, 7) is 2.48. The van der Waals surface area contributed by atoms with Crippen molar-refractivity contribution < 1.29 is 9.90 Å². The zero-order valence-electron chi connectivity index (χ0n) is 11.4. The van der Waals surface area contributed by atoms with E-state index in [0.717, 1.165) is 22.7 Å². The van der Waals surface area contributed by atoms with Gasteiger partial charge in [-0.15, -0.1) is 11.3 Å². The molecular weight excluding hydrogens is 272 g/mol. The van der Waals surface area contributed by atoms with E-state index in [1.54, 1.807) is 11.3 Å². The molecule has 1 unspecified atom stereocenters. The highest BCUT2D eigenvalue weighted by atomic mass is 32.1. The van der Waals surface area contributed by atoms with Crippen molar-refractivity contribution in [3.05, 3.63) is 40.7 Å². The largest absolute Gasteiger partial charge is 0.480 e. The maximum atomic E-state index is 11.1. The van der Waals surface area contributed by atoms with Crippen LogP contribution in [0.5, 0.6) is 0 Å². The monoisotopic (exact) mass is 290 g/mol. The van der Waals surface area contributed by atoms with Crippen molar-refractivity contribution in [2.75, 3.05) is 0 Å². The highest BCUT2D eigenvalue weighted by Crippen LogP contribution is 2.21. The normalized spacial score (nSPS) is 12.2. The molecule has 106 valence electrons. The van der Waals surface area contributed by atoms with Crippen molar-refractivity contribution in [2.45, 2.75) is 32.4 Å². The van der Waals surface area contributed by atoms with Crippen LogP contribution in [-0.2, 0) is 11.3 Å². The lowest BCUT2D eigenvalue weighted by Gasteiger charge is -2.11. The second-order valence-corrected chi connectivity index (χ2v) is 5.50. The van der Waals surface area contributed by atoms with E-state index in [1.807, 2.05) is 42.6 Å². The predicted molar refractivity (Wildman–Crippen MR) is 80.7 cm³/mol. The molecule has 1 aromatic carbocycles. The van der Waals surface area contributed by atoms with Crippen molar-refractivity contribution >= 4 is 17.3 Å². The third kappa shape index (κ3) is 3.88. The van der Waals surface area contributed by atoms with Crippen LogP contribution in [0, 0.1) is 0 Å². The van der Waals surface area contributed by atoms with Crippen LogP contribution in [0.15, 0.2) is 35.7 Å². The summed E-state index contributed by atoms with van der Waals surface area (Å²) in [6, 6.07) is 9.47. The second-order valence-electron chi connectivity index (χ2n) is 4.55. The van der Waals surface area contributed by atoms with E-state index >= 15 is 0 Å². The molecule has 0 saturated heterocycles. The number of carbonyl (C=O) groups is 1. The Labute approximate surface area is 122 Å². The SMILES string of the molecule is CCCC(NCc1nc(-c2ccccc2)cs1)C(=O)O. The molecule has 1 heterocycles. The maximum Gasteiger partial charge on any atom is 0.320 e. The zero-order valence-corrected chi connectivity index (χ0v) is 12.2. The molecule has 1 aromatic heterocycles. The number of benzene rings is 1. The van der Waals surface area contributed by atoms with Gasteiger partial charge in [-0.05, 0) is 6.42 Å². The number of rotatable bonds is 7. The molecule has 1 atom stereocenters. The minimum absolute atomic E-state index is 0.495. The molecule has 0 aliphatic carbocycles. The first-order valence-corrected chi connectivity index (χ1v) is 7.54. The standard InChI is InChI=1S/C15H18N2O2S/c1-2-6-12(15(18)19)16-9-14-17-13(10-20-14)11-7-4-3-5-8-11/h3-5,7-8,10,12,16H,2,6,9H2,1H3,(H,18,19). The number of hydrogen-bond donors (Lipinski definition) is 2. The number of nitrogens with one attached hydrogen (secondary N) is 1. The molecule has 4 nitrogen and oxygen atoms in total. The van der Waals surface area contributed by atoms with Gasteiger partial charge in [-0.2, -0.15) is 0 Å². The number of hydrogen-bond acceptors (Lipinski definition) is 4. The van der Waals surface area contributed by atoms with Gasteiger partial charge in [0.15, 0.2) is 0 Å². The van der Waals surface area contributed by atoms with Gasteiger partial charge < -0.3 is 5.11 Å². The summed E-state index contributed by atoms with van der Waals surface area (Å²) in [7, 11) is 0. The van der Waals surface area contributed by atoms with E-state index in [2.05, 4.69) is 10.3 Å². The molecule has 20 heavy (non-hydrogen) atoms. The van der Waals surface area contributed by atoms with E-state index in [1.165, 1.54) is 0 Å². The summed E-state index contributed by atoms with van der Waals surface area (Å²) in [5.74, 6) is -0.799. The smallest absolute Gasteiger partial charge is 0.320 e. The number of carboxylic acid groups (broad SMARTS) is 1. The Bertz CT molecular complexity index is 554. The Morgan fingerprint density at radius 1 is 1.40 bits per heavy atom. The molecule has 0 bridgehead atoms. The number of aromatic nitrogens is 1. The number of carboxylic acids is 1. The van der Waals surface area contributed by atoms with Gasteiger partial charge in [0, 0.05) is 17.5 Å². The molecule has 0 aliphatic rings. The van der Waals surface area contributed by atoms with E-state index in [9.17, 15) is 4.79 Å². The average Bonchev–Trinajstić information content (AvgIpc) is 2.93. The molecule has 2 rings (SSSR count). The van der Waals surface area contributed by atoms with Crippen molar-refractivity contribution in [1.82, 2.24) is 10.3 Å². The van der Waals surface area contributed by atoms with Gasteiger partial charge in [0.25, 0.3) is 0 Å². The fourth-order valence-electron chi connectivity index (χ4n) is 1.95. The summed E-state index contributed by atoms with van der Waals surface area (Å²) in [4.78, 5) is 15.6. The van der Waals surface area contributed by atoms with Gasteiger partial charge >= 0.3 is 5.97 Å². The molecule has 0 amide bonds. The molecule has 0 aliphatic heterocycles. The van der Waals surface area contributed by atoms with Gasteiger partial charge in [-0.1, -0.05) is 43.7 Å². The highest BCUT2D eigenvalue weighted by molar-refractivity contribution is 7.09. The van der Waals surface area contributed by atoms with Gasteiger partial charge in [0.1, 0.15) is 11.0 Å². The van der Waals surface area contributed by atoms with Crippen molar-refractivity contribution in [2.24, 2.45) is 0 Å². The van der Waals surface area contributed by atoms with Crippen molar-refractivity contribution in [1.29, 1.82) is 0 Å². The lowest BCUT2D eigenvalue weighted by atomic mass is 10.2. The minimum atomic E-state index is -0.799. The number of aliphatic carboxylic acids is 1. The second kappa shape index (κ2) is 7.17. The van der Waals surface area contributed by atoms with Gasteiger partial charge in [0.2, 0.25) is 0 Å². The van der Waals surface area contributed by atoms with Crippen LogP contribution in [0.3, 0.4) is 0 Å². The molecule has 2 N–H and O–H groups in total. The predicted octanol–water partition coefficient (Wildman–Crippen LogP) is 3.15. The summed E-state index contributed by atoms with van der Waals surface area (Å²) in [5, 5.41) is 15.0. The summed E-state index contributed by atoms with van der Waals surface area (Å²) in [6.07, 6.45) is 1.48. The Balaban J connectivity index is 1.98. The van der Waals surface area contributed by atoms with Crippen LogP contribution in [0.25, 0.3) is 11.3 Å². The fourth-order valence-corrected chi connectivity index (χ4v) is 2.70. The molecule has 2 aromatic rings. The summed E-state index contributed by atoms with van der Waals surface area (Å²) < 4.78 is 0. The molecule has 0 spiro atoms. The average molecular weight is 290 g/mol. The maximum absolute atomic E-state index is 11.1. The third-order valence-electron chi connectivity index (χ3n) is 3.00. The van der Waals surface area contributed by atoms with Crippen LogP contribution in [0.1, 0.15) is 24.8 Å². The first-order valence-electron chi connectivity index (χ1n) is 6.66. The number of nitrogens with zero attached hydrogens (tertiary/aromatic N) is 1. The lowest BCUT2D eigenvalue weighted by Crippen LogP contribution is -2.35. The first kappa shape index (κ1) is 14.7. The lowest BCUT2D eigenvalue weighted by molar-refractivity contribution is -0.139. The minimum Gasteiger partial charge on any atom is -0.480 e. The van der Waals surface area contributed by atoms with Crippen LogP contribution >= 0.6 is 11.3 Å². The number of thiazole rings is 1. The quantitative estimate of drug-likeness (QED) is 0.822. The summed E-state index contributed by atoms with van der Waals surface area (Å²) in [5.41, 5.74) is 2.02. The van der Waals surface area contributed by atoms with E-state index in [0.29, 0.717) is 13.0 Å². The Morgan fingerprint density at radius 2 is 2.15 bits per heavy atom. The summed E-state index contributed by atoms with van der Waals surface area (Å²) >= 11 is 1.55. The zero-order chi connectivity index (χ0) is 14.4. The third-order valence-corrected chi connectivity index (χ3v) is 3.85.